The first kappa shape index (κ1) is 13.5. The number of hydrogen-bond donors (Lipinski definition) is 2. The molecule has 2 unspecified atom stereocenters. The van der Waals surface area contributed by atoms with Crippen LogP contribution in [0.5, 0.6) is 0 Å². The lowest BCUT2D eigenvalue weighted by Crippen LogP contribution is -2.44. The quantitative estimate of drug-likeness (QED) is 0.848. The third-order valence-corrected chi connectivity index (χ3v) is 5.13. The maximum atomic E-state index is 12.2. The normalized spacial score (nSPS) is 22.6. The SMILES string of the molecule is CC(NS(=O)(=O)C1CCCNC1)c1ccccn1. The molecule has 1 aliphatic rings. The molecule has 100 valence electrons. The van der Waals surface area contributed by atoms with Gasteiger partial charge in [0.1, 0.15) is 0 Å². The lowest BCUT2D eigenvalue weighted by atomic mass is 10.2. The number of nitrogens with one attached hydrogen (secondary N) is 2. The zero-order valence-corrected chi connectivity index (χ0v) is 11.3. The third kappa shape index (κ3) is 3.28. The number of piperidine rings is 1. The Morgan fingerprint density at radius 1 is 1.50 bits per heavy atom. The number of sulfonamides is 1. The maximum Gasteiger partial charge on any atom is 0.216 e. The molecule has 18 heavy (non-hydrogen) atoms. The highest BCUT2D eigenvalue weighted by Gasteiger charge is 2.28. The van der Waals surface area contributed by atoms with Crippen LogP contribution in [-0.4, -0.2) is 31.7 Å². The molecule has 2 heterocycles. The van der Waals surface area contributed by atoms with Gasteiger partial charge in [0.25, 0.3) is 0 Å². The summed E-state index contributed by atoms with van der Waals surface area (Å²) in [5.41, 5.74) is 0.741. The van der Waals surface area contributed by atoms with Crippen molar-refractivity contribution < 1.29 is 8.42 Å². The van der Waals surface area contributed by atoms with E-state index in [4.69, 9.17) is 0 Å². The van der Waals surface area contributed by atoms with Crippen molar-refractivity contribution in [3.63, 3.8) is 0 Å². The Labute approximate surface area is 108 Å². The Kier molecular flexibility index (Phi) is 4.31. The molecular weight excluding hydrogens is 250 g/mol. The summed E-state index contributed by atoms with van der Waals surface area (Å²) in [4.78, 5) is 4.17. The van der Waals surface area contributed by atoms with Gasteiger partial charge in [-0.05, 0) is 38.4 Å². The number of hydrogen-bond acceptors (Lipinski definition) is 4. The molecule has 0 radical (unpaired) electrons. The van der Waals surface area contributed by atoms with Gasteiger partial charge in [-0.15, -0.1) is 0 Å². The summed E-state index contributed by atoms with van der Waals surface area (Å²) in [5, 5.41) is 2.78. The Hall–Kier alpha value is -0.980. The largest absolute Gasteiger partial charge is 0.315 e. The highest BCUT2D eigenvalue weighted by atomic mass is 32.2. The molecule has 1 aromatic rings. The van der Waals surface area contributed by atoms with Crippen molar-refractivity contribution in [3.8, 4) is 0 Å². The van der Waals surface area contributed by atoms with Crippen molar-refractivity contribution in [2.24, 2.45) is 0 Å². The fourth-order valence-corrected chi connectivity index (χ4v) is 3.74. The molecule has 1 aromatic heterocycles. The molecule has 2 atom stereocenters. The van der Waals surface area contributed by atoms with E-state index in [1.54, 1.807) is 6.20 Å². The predicted molar refractivity (Wildman–Crippen MR) is 70.6 cm³/mol. The van der Waals surface area contributed by atoms with Gasteiger partial charge in [-0.1, -0.05) is 6.07 Å². The smallest absolute Gasteiger partial charge is 0.216 e. The topological polar surface area (TPSA) is 71.1 Å². The number of aromatic nitrogens is 1. The van der Waals surface area contributed by atoms with E-state index in [0.29, 0.717) is 6.54 Å². The van der Waals surface area contributed by atoms with Gasteiger partial charge in [-0.25, -0.2) is 13.1 Å². The van der Waals surface area contributed by atoms with E-state index in [-0.39, 0.29) is 11.3 Å². The minimum Gasteiger partial charge on any atom is -0.315 e. The van der Waals surface area contributed by atoms with Crippen molar-refractivity contribution in [1.82, 2.24) is 15.0 Å². The average Bonchev–Trinajstić information content (AvgIpc) is 2.40. The second-order valence-corrected chi connectivity index (χ2v) is 6.60. The second kappa shape index (κ2) is 5.77. The van der Waals surface area contributed by atoms with Crippen LogP contribution in [0.3, 0.4) is 0 Å². The zero-order valence-electron chi connectivity index (χ0n) is 10.5. The van der Waals surface area contributed by atoms with Crippen LogP contribution < -0.4 is 10.0 Å². The molecule has 1 saturated heterocycles. The van der Waals surface area contributed by atoms with Gasteiger partial charge in [-0.3, -0.25) is 4.98 Å². The van der Waals surface area contributed by atoms with Crippen LogP contribution in [0.15, 0.2) is 24.4 Å². The second-order valence-electron chi connectivity index (χ2n) is 4.61. The van der Waals surface area contributed by atoms with Gasteiger partial charge in [0, 0.05) is 12.7 Å². The van der Waals surface area contributed by atoms with Crippen LogP contribution in [0.2, 0.25) is 0 Å². The zero-order chi connectivity index (χ0) is 13.0. The van der Waals surface area contributed by atoms with E-state index in [9.17, 15) is 8.42 Å². The fraction of sp³-hybridized carbons (Fsp3) is 0.583. The van der Waals surface area contributed by atoms with Crippen molar-refractivity contribution in [2.75, 3.05) is 13.1 Å². The fourth-order valence-electron chi connectivity index (χ4n) is 2.12. The van der Waals surface area contributed by atoms with Crippen molar-refractivity contribution in [1.29, 1.82) is 0 Å². The lowest BCUT2D eigenvalue weighted by Gasteiger charge is -2.24. The first-order valence-electron chi connectivity index (χ1n) is 6.22. The van der Waals surface area contributed by atoms with Crippen LogP contribution in [0.25, 0.3) is 0 Å². The number of rotatable bonds is 4. The van der Waals surface area contributed by atoms with Crippen LogP contribution >= 0.6 is 0 Å². The van der Waals surface area contributed by atoms with Crippen LogP contribution in [0.4, 0.5) is 0 Å². The minimum absolute atomic E-state index is 0.293. The van der Waals surface area contributed by atoms with Gasteiger partial charge < -0.3 is 5.32 Å². The van der Waals surface area contributed by atoms with Gasteiger partial charge in [0.05, 0.1) is 17.0 Å². The lowest BCUT2D eigenvalue weighted by molar-refractivity contribution is 0.484. The van der Waals surface area contributed by atoms with E-state index in [1.807, 2.05) is 25.1 Å². The molecule has 5 nitrogen and oxygen atoms in total. The Balaban J connectivity index is 2.03. The predicted octanol–water partition coefficient (Wildman–Crippen LogP) is 0.814. The summed E-state index contributed by atoms with van der Waals surface area (Å²) in [5.74, 6) is 0. The summed E-state index contributed by atoms with van der Waals surface area (Å²) in [7, 11) is -3.28. The van der Waals surface area contributed by atoms with Crippen molar-refractivity contribution >= 4 is 10.0 Å². The first-order valence-corrected chi connectivity index (χ1v) is 7.77. The summed E-state index contributed by atoms with van der Waals surface area (Å²) in [6.45, 7) is 3.25. The molecule has 0 saturated carbocycles. The summed E-state index contributed by atoms with van der Waals surface area (Å²) in [6.07, 6.45) is 3.29. The summed E-state index contributed by atoms with van der Waals surface area (Å²) >= 11 is 0. The van der Waals surface area contributed by atoms with Crippen LogP contribution in [-0.2, 0) is 10.0 Å². The molecule has 1 aliphatic heterocycles. The molecule has 0 spiro atoms. The summed E-state index contributed by atoms with van der Waals surface area (Å²) in [6, 6.07) is 5.20. The number of pyridine rings is 1. The first-order chi connectivity index (χ1) is 8.59. The molecule has 0 bridgehead atoms. The highest BCUT2D eigenvalue weighted by molar-refractivity contribution is 7.90. The minimum atomic E-state index is -3.28. The van der Waals surface area contributed by atoms with E-state index in [1.165, 1.54) is 0 Å². The standard InChI is InChI=1S/C12H19N3O2S/c1-10(12-6-2-3-8-14-12)15-18(16,17)11-5-4-7-13-9-11/h2-3,6,8,10-11,13,15H,4-5,7,9H2,1H3. The van der Waals surface area contributed by atoms with Gasteiger partial charge >= 0.3 is 0 Å². The Morgan fingerprint density at radius 3 is 2.94 bits per heavy atom. The Bertz CT molecular complexity index is 469. The Morgan fingerprint density at radius 2 is 2.33 bits per heavy atom. The molecule has 2 rings (SSSR count). The van der Waals surface area contributed by atoms with E-state index in [2.05, 4.69) is 15.0 Å². The molecule has 6 heteroatoms. The van der Waals surface area contributed by atoms with Crippen molar-refractivity contribution in [3.05, 3.63) is 30.1 Å². The van der Waals surface area contributed by atoms with E-state index < -0.39 is 10.0 Å². The van der Waals surface area contributed by atoms with Gasteiger partial charge in [-0.2, -0.15) is 0 Å². The van der Waals surface area contributed by atoms with Gasteiger partial charge in [0.15, 0.2) is 0 Å². The van der Waals surface area contributed by atoms with E-state index >= 15 is 0 Å². The van der Waals surface area contributed by atoms with Crippen LogP contribution in [0.1, 0.15) is 31.5 Å². The van der Waals surface area contributed by atoms with Gasteiger partial charge in [0.2, 0.25) is 10.0 Å². The summed E-state index contributed by atoms with van der Waals surface area (Å²) < 4.78 is 27.1. The maximum absolute atomic E-state index is 12.2. The van der Waals surface area contributed by atoms with E-state index in [0.717, 1.165) is 25.1 Å². The molecule has 2 N–H and O–H groups in total. The molecule has 0 amide bonds. The average molecular weight is 269 g/mol. The monoisotopic (exact) mass is 269 g/mol. The van der Waals surface area contributed by atoms with Crippen LogP contribution in [0, 0.1) is 0 Å². The van der Waals surface area contributed by atoms with Crippen molar-refractivity contribution in [2.45, 2.75) is 31.1 Å². The molecule has 0 aromatic carbocycles. The highest BCUT2D eigenvalue weighted by Crippen LogP contribution is 2.15. The third-order valence-electron chi connectivity index (χ3n) is 3.16. The number of nitrogens with zero attached hydrogens (tertiary/aromatic N) is 1. The molecular formula is C12H19N3O2S. The molecule has 1 fully saturated rings. The molecule has 0 aliphatic carbocycles.